The minimum absolute atomic E-state index is 0.0129. The van der Waals surface area contributed by atoms with Crippen LogP contribution in [0.2, 0.25) is 0 Å². The number of hydrogen-bond donors (Lipinski definition) is 0. The average Bonchev–Trinajstić information content (AvgIpc) is 2.83. The highest BCUT2D eigenvalue weighted by Gasteiger charge is 2.44. The largest absolute Gasteiger partial charge is 0.468 e. The highest BCUT2D eigenvalue weighted by Crippen LogP contribution is 2.41. The molecule has 198 valence electrons. The number of halogens is 2. The zero-order chi connectivity index (χ0) is 27.3. The quantitative estimate of drug-likeness (QED) is 0.427. The van der Waals surface area contributed by atoms with Crippen LogP contribution in [0.25, 0.3) is 0 Å². The first kappa shape index (κ1) is 28.2. The molecule has 2 unspecified atom stereocenters. The first-order valence-corrected chi connectivity index (χ1v) is 12.1. The van der Waals surface area contributed by atoms with Crippen LogP contribution in [0.5, 0.6) is 0 Å². The SMILES string of the molecule is COC(=O)C1C(C)=NC(C)=C(C(=O)OCC(C)(C)CN(C)Cc2ccccc2)C1c1cccc(F)c1F. The molecule has 1 aliphatic rings. The van der Waals surface area contributed by atoms with Gasteiger partial charge in [-0.15, -0.1) is 0 Å². The normalized spacial score (nSPS) is 18.0. The van der Waals surface area contributed by atoms with E-state index in [2.05, 4.69) is 9.89 Å². The first-order valence-electron chi connectivity index (χ1n) is 12.1. The molecule has 2 atom stereocenters. The third-order valence-electron chi connectivity index (χ3n) is 6.41. The number of ether oxygens (including phenoxy) is 2. The Kier molecular flexibility index (Phi) is 8.97. The summed E-state index contributed by atoms with van der Waals surface area (Å²) in [6.45, 7) is 8.60. The van der Waals surface area contributed by atoms with E-state index in [-0.39, 0.29) is 23.4 Å². The highest BCUT2D eigenvalue weighted by atomic mass is 19.2. The molecule has 6 nitrogen and oxygen atoms in total. The second kappa shape index (κ2) is 11.8. The molecular formula is C29H34F2N2O4. The number of esters is 2. The van der Waals surface area contributed by atoms with E-state index in [9.17, 15) is 18.4 Å². The molecule has 0 amide bonds. The Morgan fingerprint density at radius 1 is 1.05 bits per heavy atom. The summed E-state index contributed by atoms with van der Waals surface area (Å²) in [5.41, 5.74) is 1.27. The van der Waals surface area contributed by atoms with Crippen molar-refractivity contribution >= 4 is 17.7 Å². The van der Waals surface area contributed by atoms with Gasteiger partial charge in [-0.25, -0.2) is 13.6 Å². The summed E-state index contributed by atoms with van der Waals surface area (Å²) in [6.07, 6.45) is 0. The zero-order valence-corrected chi connectivity index (χ0v) is 22.2. The molecule has 0 fully saturated rings. The summed E-state index contributed by atoms with van der Waals surface area (Å²) in [5, 5.41) is 0. The Morgan fingerprint density at radius 3 is 2.38 bits per heavy atom. The number of carbonyl (C=O) groups excluding carboxylic acids is 2. The molecule has 37 heavy (non-hydrogen) atoms. The Morgan fingerprint density at radius 2 is 1.73 bits per heavy atom. The van der Waals surface area contributed by atoms with Crippen molar-refractivity contribution in [2.24, 2.45) is 16.3 Å². The molecule has 0 aliphatic carbocycles. The maximum Gasteiger partial charge on any atom is 0.336 e. The fourth-order valence-corrected chi connectivity index (χ4v) is 4.90. The first-order chi connectivity index (χ1) is 17.4. The number of rotatable bonds is 9. The van der Waals surface area contributed by atoms with Crippen LogP contribution in [0.15, 0.2) is 64.8 Å². The van der Waals surface area contributed by atoms with Crippen LogP contribution in [0.1, 0.15) is 44.7 Å². The lowest BCUT2D eigenvalue weighted by atomic mass is 9.75. The Bertz CT molecular complexity index is 1210. The lowest BCUT2D eigenvalue weighted by molar-refractivity contribution is -0.145. The molecule has 0 N–H and O–H groups in total. The second-order valence-corrected chi connectivity index (χ2v) is 10.3. The van der Waals surface area contributed by atoms with Crippen LogP contribution in [0, 0.1) is 23.0 Å². The number of carbonyl (C=O) groups is 2. The maximum atomic E-state index is 15.0. The molecule has 3 rings (SSSR count). The predicted octanol–water partition coefficient (Wildman–Crippen LogP) is 5.29. The van der Waals surface area contributed by atoms with Gasteiger partial charge in [0.1, 0.15) is 5.92 Å². The van der Waals surface area contributed by atoms with E-state index in [1.54, 1.807) is 13.8 Å². The molecule has 0 aromatic heterocycles. The van der Waals surface area contributed by atoms with Gasteiger partial charge in [-0.05, 0) is 38.1 Å². The predicted molar refractivity (Wildman–Crippen MR) is 138 cm³/mol. The van der Waals surface area contributed by atoms with Gasteiger partial charge in [0.25, 0.3) is 0 Å². The van der Waals surface area contributed by atoms with E-state index < -0.39 is 40.8 Å². The topological polar surface area (TPSA) is 68.2 Å². The maximum absolute atomic E-state index is 15.0. The number of allylic oxidation sites excluding steroid dienone is 1. The lowest BCUT2D eigenvalue weighted by Gasteiger charge is -2.33. The lowest BCUT2D eigenvalue weighted by Crippen LogP contribution is -2.38. The monoisotopic (exact) mass is 512 g/mol. The molecule has 0 bridgehead atoms. The molecule has 1 aliphatic heterocycles. The molecule has 0 saturated heterocycles. The number of methoxy groups -OCH3 is 1. The molecule has 0 spiro atoms. The van der Waals surface area contributed by atoms with Crippen molar-refractivity contribution in [2.45, 2.75) is 40.2 Å². The summed E-state index contributed by atoms with van der Waals surface area (Å²) in [7, 11) is 3.19. The molecule has 1 heterocycles. The van der Waals surface area contributed by atoms with Crippen LogP contribution in [0.4, 0.5) is 8.78 Å². The van der Waals surface area contributed by atoms with E-state index in [0.29, 0.717) is 12.3 Å². The van der Waals surface area contributed by atoms with Gasteiger partial charge < -0.3 is 14.4 Å². The minimum Gasteiger partial charge on any atom is -0.468 e. The van der Waals surface area contributed by atoms with Gasteiger partial charge in [0, 0.05) is 35.8 Å². The van der Waals surface area contributed by atoms with Gasteiger partial charge in [-0.3, -0.25) is 9.79 Å². The third kappa shape index (κ3) is 6.68. The Hall–Kier alpha value is -3.39. The van der Waals surface area contributed by atoms with Crippen molar-refractivity contribution in [3.05, 3.63) is 82.6 Å². The smallest absolute Gasteiger partial charge is 0.336 e. The van der Waals surface area contributed by atoms with Crippen molar-refractivity contribution in [2.75, 3.05) is 27.3 Å². The molecular weight excluding hydrogens is 478 g/mol. The van der Waals surface area contributed by atoms with Gasteiger partial charge in [-0.2, -0.15) is 0 Å². The van der Waals surface area contributed by atoms with Gasteiger partial charge in [0.05, 0.1) is 19.3 Å². The number of hydrogen-bond acceptors (Lipinski definition) is 6. The number of benzene rings is 2. The zero-order valence-electron chi connectivity index (χ0n) is 22.2. The third-order valence-corrected chi connectivity index (χ3v) is 6.41. The van der Waals surface area contributed by atoms with Gasteiger partial charge in [0.2, 0.25) is 0 Å². The Balaban J connectivity index is 1.85. The standard InChI is InChI=1S/C29H34F2N2O4/c1-18-23(27(34)36-6)25(21-13-10-14-22(30)26(21)31)24(19(2)32-18)28(35)37-17-29(3,4)16-33(5)15-20-11-8-7-9-12-20/h7-14,23,25H,15-17H2,1-6H3. The second-order valence-electron chi connectivity index (χ2n) is 10.3. The fourth-order valence-electron chi connectivity index (χ4n) is 4.90. The van der Waals surface area contributed by atoms with Crippen LogP contribution >= 0.6 is 0 Å². The minimum atomic E-state index is -1.14. The van der Waals surface area contributed by atoms with Crippen molar-refractivity contribution in [3.8, 4) is 0 Å². The fraction of sp³-hybridized carbons (Fsp3) is 0.414. The molecule has 8 heteroatoms. The van der Waals surface area contributed by atoms with E-state index in [1.807, 2.05) is 51.2 Å². The van der Waals surface area contributed by atoms with E-state index >= 15 is 0 Å². The van der Waals surface area contributed by atoms with Crippen molar-refractivity contribution < 1.29 is 27.8 Å². The van der Waals surface area contributed by atoms with E-state index in [1.165, 1.54) is 24.8 Å². The van der Waals surface area contributed by atoms with Gasteiger partial charge in [0.15, 0.2) is 11.6 Å². The van der Waals surface area contributed by atoms with E-state index in [0.717, 1.165) is 12.6 Å². The van der Waals surface area contributed by atoms with Crippen molar-refractivity contribution in [3.63, 3.8) is 0 Å². The summed E-state index contributed by atoms with van der Waals surface area (Å²) in [5.74, 6) is -5.87. The summed E-state index contributed by atoms with van der Waals surface area (Å²) in [6, 6.07) is 13.7. The van der Waals surface area contributed by atoms with Gasteiger partial charge >= 0.3 is 11.9 Å². The van der Waals surface area contributed by atoms with Gasteiger partial charge in [-0.1, -0.05) is 56.3 Å². The van der Waals surface area contributed by atoms with Crippen LogP contribution in [-0.2, 0) is 25.6 Å². The number of aliphatic imine (C=N–C) groups is 1. The highest BCUT2D eigenvalue weighted by molar-refractivity contribution is 6.07. The van der Waals surface area contributed by atoms with Crippen LogP contribution < -0.4 is 0 Å². The molecule has 0 radical (unpaired) electrons. The average molecular weight is 513 g/mol. The summed E-state index contributed by atoms with van der Waals surface area (Å²) >= 11 is 0. The van der Waals surface area contributed by atoms with E-state index in [4.69, 9.17) is 9.47 Å². The van der Waals surface area contributed by atoms with Crippen LogP contribution in [0.3, 0.4) is 0 Å². The number of nitrogens with zero attached hydrogens (tertiary/aromatic N) is 2. The Labute approximate surface area is 217 Å². The molecule has 0 saturated carbocycles. The molecule has 2 aromatic rings. The summed E-state index contributed by atoms with van der Waals surface area (Å²) < 4.78 is 39.8. The van der Waals surface area contributed by atoms with Crippen molar-refractivity contribution in [1.29, 1.82) is 0 Å². The van der Waals surface area contributed by atoms with Crippen molar-refractivity contribution in [1.82, 2.24) is 4.90 Å². The van der Waals surface area contributed by atoms with Crippen LogP contribution in [-0.4, -0.2) is 49.9 Å². The molecule has 2 aromatic carbocycles. The summed E-state index contributed by atoms with van der Waals surface area (Å²) in [4.78, 5) is 32.7.